The van der Waals surface area contributed by atoms with Crippen molar-refractivity contribution < 1.29 is 88.7 Å². The van der Waals surface area contributed by atoms with E-state index in [0.29, 0.717) is 0 Å². The predicted octanol–water partition coefficient (Wildman–Crippen LogP) is -10.2. The van der Waals surface area contributed by atoms with Crippen LogP contribution in [0.4, 0.5) is 0 Å². The Hall–Kier alpha value is 2.04. The van der Waals surface area contributed by atoms with E-state index in [0.717, 1.165) is 0 Å². The Balaban J connectivity index is -0.00000000167. The molecule has 0 aliphatic carbocycles. The number of hydrogen-bond donors (Lipinski definition) is 0. The Labute approximate surface area is 118 Å². The van der Waals surface area contributed by atoms with Crippen LogP contribution in [-0.4, -0.2) is 8.41 Å². The number of nitrogens with zero attached hydrogens (tertiary/aromatic N) is 2. The van der Waals surface area contributed by atoms with Crippen molar-refractivity contribution in [1.82, 2.24) is 0 Å². The molecule has 8 heavy (non-hydrogen) atoms. The van der Waals surface area contributed by atoms with Crippen molar-refractivity contribution in [2.75, 3.05) is 0 Å². The smallest absolute Gasteiger partial charge is 0.512 e. The van der Waals surface area contributed by atoms with Crippen LogP contribution in [0.1, 0.15) is 0 Å². The second kappa shape index (κ2) is 140. The molecule has 0 saturated heterocycles. The van der Waals surface area contributed by atoms with Crippen molar-refractivity contribution in [2.45, 2.75) is 0 Å². The molecule has 0 heterocycles. The molecule has 0 atom stereocenters. The molecule has 0 amide bonds. The maximum Gasteiger partial charge on any atom is 1.00 e. The minimum absolute atomic E-state index is 0. The summed E-state index contributed by atoms with van der Waals surface area (Å²) in [5, 5.41) is 12.5. The molecular weight excluding hydrogens is 132 g/mol. The summed E-state index contributed by atoms with van der Waals surface area (Å²) >= 11 is 0. The molecule has 0 bridgehead atoms. The summed E-state index contributed by atoms with van der Waals surface area (Å²) in [6.45, 7) is 9.50. The molecule has 2 nitrogen and oxygen atoms in total. The molecule has 0 radical (unpaired) electrons. The molecule has 0 rings (SSSR count). The molecule has 0 aromatic carbocycles. The van der Waals surface area contributed by atoms with Crippen molar-refractivity contribution in [3.63, 3.8) is 0 Å². The van der Waals surface area contributed by atoms with Gasteiger partial charge in [0.1, 0.15) is 0 Å². The summed E-state index contributed by atoms with van der Waals surface area (Å²) in [6.07, 6.45) is 0. The van der Waals surface area contributed by atoms with Crippen LogP contribution in [0.5, 0.6) is 0 Å². The summed E-state index contributed by atoms with van der Waals surface area (Å²) in [4.78, 5) is 0. The van der Waals surface area contributed by atoms with Crippen molar-refractivity contribution >= 4 is 8.41 Å². The third-order valence-electron chi connectivity index (χ3n) is 0. The van der Waals surface area contributed by atoms with Gasteiger partial charge in [0.25, 0.3) is 0 Å². The second-order valence-electron chi connectivity index (χ2n) is 0. The van der Waals surface area contributed by atoms with Gasteiger partial charge in [-0.2, -0.15) is 0 Å². The zero-order valence-electron chi connectivity index (χ0n) is 4.89. The van der Waals surface area contributed by atoms with Gasteiger partial charge in [0.2, 0.25) is 0 Å². The van der Waals surface area contributed by atoms with Crippen LogP contribution >= 0.6 is 0 Å². The third-order valence-corrected chi connectivity index (χ3v) is 0. The Morgan fingerprint density at radius 1 is 0.625 bits per heavy atom. The molecule has 0 aliphatic heterocycles. The van der Waals surface area contributed by atoms with Crippen LogP contribution in [0.2, 0.25) is 0 Å². The van der Waals surface area contributed by atoms with E-state index in [-0.39, 0.29) is 97.1 Å². The van der Waals surface area contributed by atoms with Gasteiger partial charge in [0.05, 0.1) is 0 Å². The van der Waals surface area contributed by atoms with Gasteiger partial charge in [0.15, 0.2) is 0 Å². The third kappa shape index (κ3) is 95.5. The fourth-order valence-corrected chi connectivity index (χ4v) is 0. The topological polar surface area (TPSA) is 47.6 Å². The monoisotopic (exact) mass is 136 g/mol. The summed E-state index contributed by atoms with van der Waals surface area (Å²) in [6, 6.07) is 0. The Morgan fingerprint density at radius 2 is 0.625 bits per heavy atom. The molecule has 6 heteroatoms. The molecule has 0 aromatic rings. The van der Waals surface area contributed by atoms with Crippen LogP contribution in [0.3, 0.4) is 0 Å². The van der Waals surface area contributed by atoms with Crippen LogP contribution in [0, 0.1) is 23.7 Å². The standard InChI is InChI=1S/2CN.BH4.3Na/c2*1-2;;;;/h;;1H4;;;/q3*-1;3*+1. The summed E-state index contributed by atoms with van der Waals surface area (Å²) in [7, 11) is 0. The molecule has 0 aromatic heterocycles. The van der Waals surface area contributed by atoms with Gasteiger partial charge < -0.3 is 23.7 Å². The van der Waals surface area contributed by atoms with Crippen molar-refractivity contribution in [3.8, 4) is 0 Å². The van der Waals surface area contributed by atoms with E-state index in [9.17, 15) is 0 Å². The SMILES string of the molecule is [BH4-].[C-]#N.[C-]#N.[Na+].[Na+].[Na+]. The van der Waals surface area contributed by atoms with E-state index in [1.807, 2.05) is 0 Å². The van der Waals surface area contributed by atoms with Crippen LogP contribution in [0.15, 0.2) is 0 Å². The molecule has 0 saturated carbocycles. The van der Waals surface area contributed by atoms with Crippen molar-refractivity contribution in [2.24, 2.45) is 0 Å². The first-order valence-electron chi connectivity index (χ1n) is 0.447. The molecule has 0 fully saturated rings. The number of rotatable bonds is 0. The average molecular weight is 136 g/mol. The van der Waals surface area contributed by atoms with Crippen molar-refractivity contribution in [1.29, 1.82) is 10.5 Å². The second-order valence-corrected chi connectivity index (χ2v) is 0. The minimum atomic E-state index is 0. The number of hydrogen-bond acceptors (Lipinski definition) is 2. The summed E-state index contributed by atoms with van der Waals surface area (Å²) in [5.74, 6) is 0. The first-order valence-corrected chi connectivity index (χ1v) is 0.447. The predicted molar refractivity (Wildman–Crippen MR) is 21.3 cm³/mol. The van der Waals surface area contributed by atoms with Gasteiger partial charge in [-0.15, -0.1) is 0 Å². The van der Waals surface area contributed by atoms with E-state index < -0.39 is 0 Å². The van der Waals surface area contributed by atoms with Gasteiger partial charge in [-0.3, -0.25) is 0 Å². The summed E-state index contributed by atoms with van der Waals surface area (Å²) < 4.78 is 0. The van der Waals surface area contributed by atoms with Gasteiger partial charge in [-0.05, 0) is 0 Å². The molecule has 28 valence electrons. The molecular formula is C2H4BN2Na3. The van der Waals surface area contributed by atoms with E-state index in [1.165, 1.54) is 0 Å². The van der Waals surface area contributed by atoms with Crippen LogP contribution in [-0.2, 0) is 0 Å². The van der Waals surface area contributed by atoms with E-state index in [4.69, 9.17) is 23.7 Å². The molecule has 0 N–H and O–H groups in total. The van der Waals surface area contributed by atoms with Crippen LogP contribution in [0.25, 0.3) is 0 Å². The summed E-state index contributed by atoms with van der Waals surface area (Å²) in [5.41, 5.74) is 0. The maximum absolute atomic E-state index is 6.25. The average Bonchev–Trinajstić information content (AvgIpc) is 1.50. The zero-order chi connectivity index (χ0) is 4.00. The molecule has 0 aliphatic rings. The quantitative estimate of drug-likeness (QED) is 0.245. The molecule has 0 unspecified atom stereocenters. The van der Waals surface area contributed by atoms with E-state index in [2.05, 4.69) is 0 Å². The van der Waals surface area contributed by atoms with Crippen LogP contribution < -0.4 is 88.7 Å². The van der Waals surface area contributed by atoms with E-state index in [1.54, 1.807) is 0 Å². The Bertz CT molecular complexity index is 30.8. The Kier molecular flexibility index (Phi) is 879. The largest absolute Gasteiger partial charge is 1.00 e. The first kappa shape index (κ1) is 50.2. The van der Waals surface area contributed by atoms with E-state index >= 15 is 0 Å². The molecule has 0 spiro atoms. The Morgan fingerprint density at radius 3 is 0.625 bits per heavy atom. The van der Waals surface area contributed by atoms with Gasteiger partial charge in [-0.1, -0.05) is 8.41 Å². The fraction of sp³-hybridized carbons (Fsp3) is 0. The van der Waals surface area contributed by atoms with Crippen molar-refractivity contribution in [3.05, 3.63) is 13.1 Å². The first-order chi connectivity index (χ1) is 2.00. The van der Waals surface area contributed by atoms with Gasteiger partial charge in [0, 0.05) is 0 Å². The van der Waals surface area contributed by atoms with Gasteiger partial charge >= 0.3 is 88.7 Å². The fourth-order valence-electron chi connectivity index (χ4n) is 0. The minimum Gasteiger partial charge on any atom is -0.512 e. The zero-order valence-corrected chi connectivity index (χ0v) is 10.9. The normalized spacial score (nSPS) is 0.500. The maximum atomic E-state index is 6.25. The van der Waals surface area contributed by atoms with Gasteiger partial charge in [-0.25, -0.2) is 0 Å².